The highest BCUT2D eigenvalue weighted by molar-refractivity contribution is 9.10. The SMILES string of the molecule is CCNC(=O)c1c(Cl)cc(Br)c(F)c1N. The van der Waals surface area contributed by atoms with Gasteiger partial charge in [-0.1, -0.05) is 11.6 Å². The van der Waals surface area contributed by atoms with Crippen LogP contribution in [-0.2, 0) is 0 Å². The Bertz CT molecular complexity index is 412. The lowest BCUT2D eigenvalue weighted by molar-refractivity contribution is 0.0956. The molecule has 1 rings (SSSR count). The number of carbonyl (C=O) groups excluding carboxylic acids is 1. The van der Waals surface area contributed by atoms with Gasteiger partial charge >= 0.3 is 0 Å². The Balaban J connectivity index is 3.29. The van der Waals surface area contributed by atoms with Crippen molar-refractivity contribution in [1.29, 1.82) is 0 Å². The first-order chi connectivity index (χ1) is 6.99. The average Bonchev–Trinajstić information content (AvgIpc) is 2.15. The number of carbonyl (C=O) groups is 1. The molecule has 0 bridgehead atoms. The minimum absolute atomic E-state index is 0.0285. The molecule has 0 atom stereocenters. The smallest absolute Gasteiger partial charge is 0.254 e. The second kappa shape index (κ2) is 4.81. The van der Waals surface area contributed by atoms with Crippen LogP contribution in [0.1, 0.15) is 17.3 Å². The summed E-state index contributed by atoms with van der Waals surface area (Å²) in [5.41, 5.74) is 5.19. The summed E-state index contributed by atoms with van der Waals surface area (Å²) in [4.78, 5) is 11.5. The summed E-state index contributed by atoms with van der Waals surface area (Å²) in [5.74, 6) is -1.16. The normalized spacial score (nSPS) is 10.1. The molecular weight excluding hydrogens is 286 g/mol. The van der Waals surface area contributed by atoms with E-state index in [0.717, 1.165) is 0 Å². The van der Waals surface area contributed by atoms with Gasteiger partial charge < -0.3 is 11.1 Å². The lowest BCUT2D eigenvalue weighted by atomic mass is 10.1. The highest BCUT2D eigenvalue weighted by Gasteiger charge is 2.19. The minimum Gasteiger partial charge on any atom is -0.396 e. The molecule has 3 nitrogen and oxygen atoms in total. The maximum atomic E-state index is 13.4. The topological polar surface area (TPSA) is 55.1 Å². The summed E-state index contributed by atoms with van der Waals surface area (Å²) in [7, 11) is 0. The highest BCUT2D eigenvalue weighted by Crippen LogP contribution is 2.31. The Morgan fingerprint density at radius 1 is 1.73 bits per heavy atom. The van der Waals surface area contributed by atoms with E-state index in [1.165, 1.54) is 6.07 Å². The van der Waals surface area contributed by atoms with Gasteiger partial charge in [0, 0.05) is 6.54 Å². The molecule has 0 saturated heterocycles. The molecule has 1 amide bonds. The zero-order valence-electron chi connectivity index (χ0n) is 7.90. The third-order valence-electron chi connectivity index (χ3n) is 1.77. The van der Waals surface area contributed by atoms with E-state index in [0.29, 0.717) is 6.54 Å². The molecule has 15 heavy (non-hydrogen) atoms. The first-order valence-corrected chi connectivity index (χ1v) is 5.37. The van der Waals surface area contributed by atoms with Gasteiger partial charge in [0.05, 0.1) is 20.7 Å². The zero-order chi connectivity index (χ0) is 11.6. The van der Waals surface area contributed by atoms with E-state index in [1.54, 1.807) is 6.92 Å². The third-order valence-corrected chi connectivity index (χ3v) is 2.65. The molecule has 0 aromatic heterocycles. The van der Waals surface area contributed by atoms with E-state index in [-0.39, 0.29) is 20.7 Å². The van der Waals surface area contributed by atoms with Crippen molar-refractivity contribution in [3.05, 3.63) is 26.9 Å². The van der Waals surface area contributed by atoms with Crippen LogP contribution in [0, 0.1) is 5.82 Å². The Morgan fingerprint density at radius 2 is 2.33 bits per heavy atom. The molecular formula is C9H9BrClFN2O. The molecule has 0 spiro atoms. The number of anilines is 1. The lowest BCUT2D eigenvalue weighted by Crippen LogP contribution is -2.24. The Hall–Kier alpha value is -0.810. The first kappa shape index (κ1) is 12.3. The standard InChI is InChI=1S/C9H9BrClFN2O/c1-2-14-9(15)6-5(11)3-4(10)7(12)8(6)13/h3H,2,13H2,1H3,(H,14,15). The average molecular weight is 296 g/mol. The number of nitrogens with one attached hydrogen (secondary N) is 1. The molecule has 6 heteroatoms. The van der Waals surface area contributed by atoms with Crippen molar-refractivity contribution in [2.24, 2.45) is 0 Å². The maximum absolute atomic E-state index is 13.4. The van der Waals surface area contributed by atoms with Crippen LogP contribution in [0.4, 0.5) is 10.1 Å². The third kappa shape index (κ3) is 2.41. The van der Waals surface area contributed by atoms with Crippen molar-refractivity contribution < 1.29 is 9.18 Å². The van der Waals surface area contributed by atoms with Gasteiger partial charge in [-0.15, -0.1) is 0 Å². The molecule has 0 aliphatic rings. The van der Waals surface area contributed by atoms with E-state index in [1.807, 2.05) is 0 Å². The summed E-state index contributed by atoms with van der Waals surface area (Å²) >= 11 is 8.75. The van der Waals surface area contributed by atoms with Gasteiger partial charge in [-0.25, -0.2) is 4.39 Å². The van der Waals surface area contributed by atoms with Gasteiger partial charge in [-0.2, -0.15) is 0 Å². The van der Waals surface area contributed by atoms with Crippen molar-refractivity contribution in [2.45, 2.75) is 6.92 Å². The molecule has 82 valence electrons. The van der Waals surface area contributed by atoms with Crippen LogP contribution in [0.3, 0.4) is 0 Å². The molecule has 0 aliphatic carbocycles. The predicted molar refractivity (Wildman–Crippen MR) is 61.5 cm³/mol. The maximum Gasteiger partial charge on any atom is 0.254 e. The number of benzene rings is 1. The molecule has 1 aromatic rings. The molecule has 0 saturated carbocycles. The van der Waals surface area contributed by atoms with Gasteiger partial charge in [0.15, 0.2) is 5.82 Å². The van der Waals surface area contributed by atoms with Crippen molar-refractivity contribution in [2.75, 3.05) is 12.3 Å². The number of hydrogen-bond acceptors (Lipinski definition) is 2. The van der Waals surface area contributed by atoms with Crippen LogP contribution in [0.5, 0.6) is 0 Å². The van der Waals surface area contributed by atoms with E-state index in [4.69, 9.17) is 17.3 Å². The van der Waals surface area contributed by atoms with Crippen LogP contribution in [0.15, 0.2) is 10.5 Å². The van der Waals surface area contributed by atoms with Crippen LogP contribution in [-0.4, -0.2) is 12.5 Å². The van der Waals surface area contributed by atoms with Crippen LogP contribution < -0.4 is 11.1 Å². The van der Waals surface area contributed by atoms with E-state index < -0.39 is 11.7 Å². The number of nitrogen functional groups attached to an aromatic ring is 1. The van der Waals surface area contributed by atoms with Crippen LogP contribution in [0.25, 0.3) is 0 Å². The van der Waals surface area contributed by atoms with Crippen molar-refractivity contribution >= 4 is 39.1 Å². The number of amides is 1. The summed E-state index contributed by atoms with van der Waals surface area (Å²) in [5, 5.41) is 2.62. The Labute approximate surface area is 99.9 Å². The second-order valence-electron chi connectivity index (χ2n) is 2.80. The van der Waals surface area contributed by atoms with Gasteiger partial charge in [0.2, 0.25) is 0 Å². The van der Waals surface area contributed by atoms with Crippen molar-refractivity contribution in [1.82, 2.24) is 5.32 Å². The van der Waals surface area contributed by atoms with E-state index >= 15 is 0 Å². The number of halogens is 3. The fraction of sp³-hybridized carbons (Fsp3) is 0.222. The lowest BCUT2D eigenvalue weighted by Gasteiger charge is -2.09. The molecule has 0 fully saturated rings. The quantitative estimate of drug-likeness (QED) is 0.651. The highest BCUT2D eigenvalue weighted by atomic mass is 79.9. The fourth-order valence-corrected chi connectivity index (χ4v) is 1.96. The van der Waals surface area contributed by atoms with Crippen molar-refractivity contribution in [3.8, 4) is 0 Å². The van der Waals surface area contributed by atoms with Gasteiger partial charge in [0.1, 0.15) is 0 Å². The predicted octanol–water partition coefficient (Wildman–Crippen LogP) is 2.57. The fourth-order valence-electron chi connectivity index (χ4n) is 1.09. The molecule has 0 heterocycles. The monoisotopic (exact) mass is 294 g/mol. The number of nitrogens with two attached hydrogens (primary N) is 1. The number of hydrogen-bond donors (Lipinski definition) is 2. The number of rotatable bonds is 2. The zero-order valence-corrected chi connectivity index (χ0v) is 10.2. The van der Waals surface area contributed by atoms with Crippen LogP contribution in [0.2, 0.25) is 5.02 Å². The van der Waals surface area contributed by atoms with E-state index in [2.05, 4.69) is 21.2 Å². The van der Waals surface area contributed by atoms with Gasteiger partial charge in [-0.3, -0.25) is 4.79 Å². The molecule has 0 unspecified atom stereocenters. The summed E-state index contributed by atoms with van der Waals surface area (Å²) in [6, 6.07) is 1.30. The van der Waals surface area contributed by atoms with Crippen LogP contribution >= 0.6 is 27.5 Å². The van der Waals surface area contributed by atoms with Gasteiger partial charge in [0.25, 0.3) is 5.91 Å². The molecule has 3 N–H and O–H groups in total. The molecule has 0 radical (unpaired) electrons. The largest absolute Gasteiger partial charge is 0.396 e. The minimum atomic E-state index is -0.680. The Morgan fingerprint density at radius 3 is 2.87 bits per heavy atom. The van der Waals surface area contributed by atoms with Gasteiger partial charge in [-0.05, 0) is 28.9 Å². The molecule has 0 aliphatic heterocycles. The summed E-state index contributed by atoms with van der Waals surface area (Å²) < 4.78 is 13.5. The second-order valence-corrected chi connectivity index (χ2v) is 4.06. The molecule has 1 aromatic carbocycles. The summed E-state index contributed by atoms with van der Waals surface area (Å²) in [6.45, 7) is 2.17. The van der Waals surface area contributed by atoms with Crippen molar-refractivity contribution in [3.63, 3.8) is 0 Å². The Kier molecular flexibility index (Phi) is 3.93. The first-order valence-electron chi connectivity index (χ1n) is 4.20. The summed E-state index contributed by atoms with van der Waals surface area (Å²) in [6.07, 6.45) is 0. The van der Waals surface area contributed by atoms with E-state index in [9.17, 15) is 9.18 Å².